The summed E-state index contributed by atoms with van der Waals surface area (Å²) in [6, 6.07) is 13.7. The highest BCUT2D eigenvalue weighted by Gasteiger charge is 2.22. The molecule has 1 unspecified atom stereocenters. The largest absolute Gasteiger partial charge is 0.480 e. The average Bonchev–Trinajstić information content (AvgIpc) is 2.65. The first-order valence-corrected chi connectivity index (χ1v) is 9.94. The van der Waals surface area contributed by atoms with E-state index in [2.05, 4.69) is 4.72 Å². The van der Waals surface area contributed by atoms with Gasteiger partial charge in [-0.25, -0.2) is 13.1 Å². The molecule has 7 nitrogen and oxygen atoms in total. The first-order chi connectivity index (χ1) is 12.7. The molecule has 2 aromatic rings. The summed E-state index contributed by atoms with van der Waals surface area (Å²) in [4.78, 5) is 25.1. The Morgan fingerprint density at radius 2 is 1.67 bits per heavy atom. The number of anilines is 1. The van der Waals surface area contributed by atoms with Gasteiger partial charge in [-0.3, -0.25) is 14.5 Å². The van der Waals surface area contributed by atoms with Gasteiger partial charge in [0, 0.05) is 17.3 Å². The van der Waals surface area contributed by atoms with Gasteiger partial charge in [0.25, 0.3) is 5.91 Å². The summed E-state index contributed by atoms with van der Waals surface area (Å²) in [5, 5.41) is 9.12. The zero-order valence-electron chi connectivity index (χ0n) is 15.1. The summed E-state index contributed by atoms with van der Waals surface area (Å²) in [6.45, 7) is 3.13. The Balaban J connectivity index is 2.28. The molecule has 0 saturated heterocycles. The second-order valence-electron chi connectivity index (χ2n) is 6.08. The van der Waals surface area contributed by atoms with Gasteiger partial charge in [0.1, 0.15) is 6.54 Å². The topological polar surface area (TPSA) is 104 Å². The second-order valence-corrected chi connectivity index (χ2v) is 7.79. The minimum atomic E-state index is -3.67. The van der Waals surface area contributed by atoms with Crippen LogP contribution in [0.2, 0.25) is 0 Å². The van der Waals surface area contributed by atoms with Crippen LogP contribution in [0.1, 0.15) is 30.6 Å². The number of rotatable bonds is 8. The molecule has 1 atom stereocenters. The Labute approximate surface area is 158 Å². The van der Waals surface area contributed by atoms with Crippen LogP contribution in [-0.2, 0) is 14.8 Å². The van der Waals surface area contributed by atoms with Crippen LogP contribution in [0.4, 0.5) is 5.69 Å². The molecule has 0 aliphatic rings. The molecule has 0 bridgehead atoms. The number of sulfonamides is 1. The fourth-order valence-electron chi connectivity index (χ4n) is 2.37. The smallest absolute Gasteiger partial charge is 0.323 e. The zero-order chi connectivity index (χ0) is 20.0. The minimum Gasteiger partial charge on any atom is -0.480 e. The fraction of sp³-hybridized carbons (Fsp3) is 0.263. The van der Waals surface area contributed by atoms with Crippen LogP contribution in [0.25, 0.3) is 0 Å². The van der Waals surface area contributed by atoms with Crippen LogP contribution in [0.3, 0.4) is 0 Å². The molecule has 27 heavy (non-hydrogen) atoms. The summed E-state index contributed by atoms with van der Waals surface area (Å²) in [5.74, 6) is -1.67. The summed E-state index contributed by atoms with van der Waals surface area (Å²) in [5.41, 5.74) is 0.641. The summed E-state index contributed by atoms with van der Waals surface area (Å²) >= 11 is 0. The van der Waals surface area contributed by atoms with Crippen LogP contribution in [0.5, 0.6) is 0 Å². The van der Waals surface area contributed by atoms with Crippen molar-refractivity contribution in [2.75, 3.05) is 11.4 Å². The van der Waals surface area contributed by atoms with E-state index in [0.29, 0.717) is 12.1 Å². The predicted octanol–water partition coefficient (Wildman–Crippen LogP) is 2.49. The van der Waals surface area contributed by atoms with E-state index in [1.165, 1.54) is 24.3 Å². The third-order valence-electron chi connectivity index (χ3n) is 3.99. The van der Waals surface area contributed by atoms with Crippen molar-refractivity contribution in [2.24, 2.45) is 0 Å². The van der Waals surface area contributed by atoms with Gasteiger partial charge in [0.05, 0.1) is 4.90 Å². The quantitative estimate of drug-likeness (QED) is 0.721. The van der Waals surface area contributed by atoms with Gasteiger partial charge in [0.15, 0.2) is 0 Å². The Morgan fingerprint density at radius 1 is 1.07 bits per heavy atom. The average molecular weight is 390 g/mol. The third-order valence-corrected chi connectivity index (χ3v) is 5.59. The summed E-state index contributed by atoms with van der Waals surface area (Å²) < 4.78 is 27.1. The van der Waals surface area contributed by atoms with Crippen molar-refractivity contribution in [1.29, 1.82) is 0 Å². The SMILES string of the molecule is CCC(C)NS(=O)(=O)c1ccc(C(=O)N(CC(=O)O)c2ccccc2)cc1. The van der Waals surface area contributed by atoms with Crippen LogP contribution < -0.4 is 9.62 Å². The number of amides is 1. The first kappa shape index (κ1) is 20.6. The van der Waals surface area contributed by atoms with Crippen LogP contribution in [0, 0.1) is 0 Å². The summed E-state index contributed by atoms with van der Waals surface area (Å²) in [6.07, 6.45) is 0.650. The molecule has 0 heterocycles. The van der Waals surface area contributed by atoms with Crippen molar-refractivity contribution in [3.63, 3.8) is 0 Å². The normalized spacial score (nSPS) is 12.4. The van der Waals surface area contributed by atoms with Gasteiger partial charge in [-0.15, -0.1) is 0 Å². The highest BCUT2D eigenvalue weighted by molar-refractivity contribution is 7.89. The van der Waals surface area contributed by atoms with E-state index in [1.54, 1.807) is 37.3 Å². The molecule has 0 aliphatic heterocycles. The molecule has 2 rings (SSSR count). The lowest BCUT2D eigenvalue weighted by Gasteiger charge is -2.21. The number of benzene rings is 2. The molecule has 1 amide bonds. The lowest BCUT2D eigenvalue weighted by atomic mass is 10.2. The van der Waals surface area contributed by atoms with Crippen LogP contribution >= 0.6 is 0 Å². The summed E-state index contributed by atoms with van der Waals surface area (Å²) in [7, 11) is -3.67. The number of aliphatic carboxylic acids is 1. The maximum absolute atomic E-state index is 12.8. The van der Waals surface area contributed by atoms with Gasteiger partial charge >= 0.3 is 5.97 Å². The Kier molecular flexibility index (Phi) is 6.70. The van der Waals surface area contributed by atoms with Crippen molar-refractivity contribution in [1.82, 2.24) is 4.72 Å². The van der Waals surface area contributed by atoms with Crippen molar-refractivity contribution in [3.8, 4) is 0 Å². The number of hydrogen-bond donors (Lipinski definition) is 2. The lowest BCUT2D eigenvalue weighted by Crippen LogP contribution is -2.35. The second kappa shape index (κ2) is 8.79. The van der Waals surface area contributed by atoms with Crippen molar-refractivity contribution < 1.29 is 23.1 Å². The maximum Gasteiger partial charge on any atom is 0.323 e. The number of carbonyl (C=O) groups is 2. The molecule has 8 heteroatoms. The molecular formula is C19H22N2O5S. The highest BCUT2D eigenvalue weighted by atomic mass is 32.2. The van der Waals surface area contributed by atoms with E-state index in [0.717, 1.165) is 4.90 Å². The van der Waals surface area contributed by atoms with E-state index < -0.39 is 28.4 Å². The molecule has 2 N–H and O–H groups in total. The number of carbonyl (C=O) groups excluding carboxylic acids is 1. The van der Waals surface area contributed by atoms with E-state index in [1.807, 2.05) is 6.92 Å². The lowest BCUT2D eigenvalue weighted by molar-refractivity contribution is -0.135. The van der Waals surface area contributed by atoms with Gasteiger partial charge < -0.3 is 5.11 Å². The molecule has 0 spiro atoms. The number of nitrogens with one attached hydrogen (secondary N) is 1. The van der Waals surface area contributed by atoms with Gasteiger partial charge in [-0.2, -0.15) is 0 Å². The number of para-hydroxylation sites is 1. The zero-order valence-corrected chi connectivity index (χ0v) is 15.9. The number of hydrogen-bond acceptors (Lipinski definition) is 4. The highest BCUT2D eigenvalue weighted by Crippen LogP contribution is 2.18. The van der Waals surface area contributed by atoms with Crippen molar-refractivity contribution in [2.45, 2.75) is 31.2 Å². The molecule has 0 aromatic heterocycles. The van der Waals surface area contributed by atoms with Gasteiger partial charge in [-0.1, -0.05) is 25.1 Å². The monoisotopic (exact) mass is 390 g/mol. The van der Waals surface area contributed by atoms with Gasteiger partial charge in [0.2, 0.25) is 10.0 Å². The molecule has 2 aromatic carbocycles. The number of carboxylic acids is 1. The van der Waals surface area contributed by atoms with Crippen molar-refractivity contribution >= 4 is 27.6 Å². The third kappa shape index (κ3) is 5.38. The van der Waals surface area contributed by atoms with Crippen molar-refractivity contribution in [3.05, 3.63) is 60.2 Å². The number of carboxylic acid groups (broad SMARTS) is 1. The van der Waals surface area contributed by atoms with Crippen LogP contribution in [0.15, 0.2) is 59.5 Å². The van der Waals surface area contributed by atoms with Crippen LogP contribution in [-0.4, -0.2) is 38.0 Å². The van der Waals surface area contributed by atoms with E-state index >= 15 is 0 Å². The Hall–Kier alpha value is -2.71. The van der Waals surface area contributed by atoms with E-state index in [9.17, 15) is 18.0 Å². The molecule has 144 valence electrons. The maximum atomic E-state index is 12.8. The molecular weight excluding hydrogens is 368 g/mol. The van der Waals surface area contributed by atoms with E-state index in [4.69, 9.17) is 5.11 Å². The molecule has 0 saturated carbocycles. The standard InChI is InChI=1S/C19H22N2O5S/c1-3-14(2)20-27(25,26)17-11-9-15(10-12-17)19(24)21(13-18(22)23)16-7-5-4-6-8-16/h4-12,14,20H,3,13H2,1-2H3,(H,22,23). The fourth-order valence-corrected chi connectivity index (χ4v) is 3.70. The van der Waals surface area contributed by atoms with E-state index in [-0.39, 0.29) is 16.5 Å². The molecule has 0 radical (unpaired) electrons. The Morgan fingerprint density at radius 3 is 2.19 bits per heavy atom. The predicted molar refractivity (Wildman–Crippen MR) is 102 cm³/mol. The minimum absolute atomic E-state index is 0.0452. The molecule has 0 fully saturated rings. The Bertz CT molecular complexity index is 895. The number of nitrogens with zero attached hydrogens (tertiary/aromatic N) is 1. The molecule has 0 aliphatic carbocycles. The first-order valence-electron chi connectivity index (χ1n) is 8.45. The van der Waals surface area contributed by atoms with Gasteiger partial charge in [-0.05, 0) is 49.7 Å².